The highest BCUT2D eigenvalue weighted by molar-refractivity contribution is 9.09. The number of carboxylic acid groups (broad SMARTS) is 1. The number of thioether (sulfide) groups is 1. The zero-order valence-corrected chi connectivity index (χ0v) is 17.1. The van der Waals surface area contributed by atoms with Crippen LogP contribution in [0.2, 0.25) is 0 Å². The van der Waals surface area contributed by atoms with Gasteiger partial charge in [0.05, 0.1) is 12.0 Å². The van der Waals surface area contributed by atoms with Crippen molar-refractivity contribution in [3.05, 3.63) is 33.7 Å². The average Bonchev–Trinajstić information content (AvgIpc) is 3.15. The van der Waals surface area contributed by atoms with Crippen molar-refractivity contribution in [3.8, 4) is 0 Å². The summed E-state index contributed by atoms with van der Waals surface area (Å²) in [6.07, 6.45) is 0.157. The van der Waals surface area contributed by atoms with Gasteiger partial charge < -0.3 is 15.2 Å². The van der Waals surface area contributed by atoms with Crippen LogP contribution in [0.5, 0.6) is 0 Å². The summed E-state index contributed by atoms with van der Waals surface area (Å²) in [5, 5.41) is 13.9. The molecule has 0 saturated carbocycles. The second-order valence-electron chi connectivity index (χ2n) is 5.67. The summed E-state index contributed by atoms with van der Waals surface area (Å²) in [7, 11) is 0. The molecule has 3 heterocycles. The van der Waals surface area contributed by atoms with Gasteiger partial charge in [-0.1, -0.05) is 22.0 Å². The largest absolute Gasteiger partial charge is 0.477 e. The SMILES string of the molecule is O=C(Cc1cccs1)NC1C(=O)N2C(C(=O)O)=C(C(=O)OCCBr)CS[C@H]12. The molecule has 0 aliphatic carbocycles. The van der Waals surface area contributed by atoms with E-state index in [-0.39, 0.29) is 36.0 Å². The Morgan fingerprint density at radius 3 is 2.81 bits per heavy atom. The number of nitrogens with one attached hydrogen (secondary N) is 1. The van der Waals surface area contributed by atoms with E-state index in [1.54, 1.807) is 0 Å². The van der Waals surface area contributed by atoms with E-state index in [0.717, 1.165) is 9.78 Å². The number of rotatable bonds is 7. The normalized spacial score (nSPS) is 21.4. The zero-order valence-electron chi connectivity index (χ0n) is 13.8. The summed E-state index contributed by atoms with van der Waals surface area (Å²) >= 11 is 5.79. The fourth-order valence-corrected chi connectivity index (χ4v) is 4.98. The first-order chi connectivity index (χ1) is 12.9. The van der Waals surface area contributed by atoms with Crippen LogP contribution in [0.15, 0.2) is 28.8 Å². The molecule has 1 unspecified atom stereocenters. The van der Waals surface area contributed by atoms with E-state index in [9.17, 15) is 24.3 Å². The van der Waals surface area contributed by atoms with Gasteiger partial charge in [-0.3, -0.25) is 14.5 Å². The molecule has 8 nitrogen and oxygen atoms in total. The number of esters is 1. The maximum Gasteiger partial charge on any atom is 0.353 e. The van der Waals surface area contributed by atoms with E-state index in [2.05, 4.69) is 21.2 Å². The summed E-state index contributed by atoms with van der Waals surface area (Å²) in [6.45, 7) is 0.0959. The quantitative estimate of drug-likeness (QED) is 0.343. The molecule has 27 heavy (non-hydrogen) atoms. The molecule has 2 amide bonds. The Balaban J connectivity index is 1.72. The van der Waals surface area contributed by atoms with Crippen molar-refractivity contribution in [2.45, 2.75) is 17.8 Å². The predicted molar refractivity (Wildman–Crippen MR) is 102 cm³/mol. The lowest BCUT2D eigenvalue weighted by molar-refractivity contribution is -0.151. The van der Waals surface area contributed by atoms with Crippen molar-refractivity contribution in [2.75, 3.05) is 17.7 Å². The summed E-state index contributed by atoms with van der Waals surface area (Å²) in [5.41, 5.74) is -0.423. The molecule has 2 aliphatic rings. The molecule has 0 aromatic carbocycles. The number of alkyl halides is 1. The maximum absolute atomic E-state index is 12.5. The number of β-lactam (4-membered cyclic amide) rings is 1. The average molecular weight is 475 g/mol. The van der Waals surface area contributed by atoms with Crippen LogP contribution in [0.3, 0.4) is 0 Å². The standard InChI is InChI=1S/C16H15BrN2O6S2/c17-3-4-25-16(24)9-7-27-14-11(13(21)19(14)12(9)15(22)23)18-10(20)6-8-2-1-5-26-8/h1-2,5,11,14H,3-4,6-7H2,(H,18,20)(H,22,23)/t11?,14-/m1/s1. The van der Waals surface area contributed by atoms with E-state index in [4.69, 9.17) is 4.74 Å². The summed E-state index contributed by atoms with van der Waals surface area (Å²) in [5.74, 6) is -2.89. The van der Waals surface area contributed by atoms with Crippen molar-refractivity contribution < 1.29 is 29.0 Å². The number of thiophene rings is 1. The van der Waals surface area contributed by atoms with Crippen LogP contribution >= 0.6 is 39.0 Å². The molecule has 0 radical (unpaired) electrons. The van der Waals surface area contributed by atoms with E-state index < -0.39 is 29.3 Å². The second-order valence-corrected chi connectivity index (χ2v) is 8.60. The molecular weight excluding hydrogens is 460 g/mol. The summed E-state index contributed by atoms with van der Waals surface area (Å²) in [6, 6.07) is 2.85. The van der Waals surface area contributed by atoms with Crippen molar-refractivity contribution in [1.82, 2.24) is 10.2 Å². The molecule has 1 saturated heterocycles. The summed E-state index contributed by atoms with van der Waals surface area (Å²) in [4.78, 5) is 50.3. The van der Waals surface area contributed by atoms with Crippen LogP contribution in [-0.2, 0) is 30.3 Å². The minimum absolute atomic E-state index is 0.0542. The lowest BCUT2D eigenvalue weighted by atomic mass is 10.0. The minimum Gasteiger partial charge on any atom is -0.477 e. The van der Waals surface area contributed by atoms with E-state index >= 15 is 0 Å². The van der Waals surface area contributed by atoms with Gasteiger partial charge >= 0.3 is 11.9 Å². The van der Waals surface area contributed by atoms with Gasteiger partial charge in [0.15, 0.2) is 0 Å². The van der Waals surface area contributed by atoms with Crippen molar-refractivity contribution in [3.63, 3.8) is 0 Å². The first-order valence-corrected chi connectivity index (χ1v) is 10.9. The molecule has 1 aromatic heterocycles. The van der Waals surface area contributed by atoms with Gasteiger partial charge in [0.1, 0.15) is 23.7 Å². The van der Waals surface area contributed by atoms with E-state index in [1.165, 1.54) is 23.1 Å². The Morgan fingerprint density at radius 2 is 2.19 bits per heavy atom. The van der Waals surface area contributed by atoms with Crippen LogP contribution in [0.1, 0.15) is 4.88 Å². The second kappa shape index (κ2) is 8.44. The lowest BCUT2D eigenvalue weighted by Crippen LogP contribution is -2.70. The Kier molecular flexibility index (Phi) is 6.22. The summed E-state index contributed by atoms with van der Waals surface area (Å²) < 4.78 is 4.98. The number of carbonyl (C=O) groups is 4. The smallest absolute Gasteiger partial charge is 0.353 e. The third kappa shape index (κ3) is 4.04. The molecule has 1 fully saturated rings. The molecule has 0 spiro atoms. The van der Waals surface area contributed by atoms with Gasteiger partial charge in [-0.25, -0.2) is 9.59 Å². The number of ether oxygens (including phenoxy) is 1. The van der Waals surface area contributed by atoms with Gasteiger partial charge in [0, 0.05) is 16.0 Å². The fraction of sp³-hybridized carbons (Fsp3) is 0.375. The van der Waals surface area contributed by atoms with Crippen LogP contribution in [0.25, 0.3) is 0 Å². The number of aliphatic carboxylic acids is 1. The molecule has 2 atom stereocenters. The highest BCUT2D eigenvalue weighted by atomic mass is 79.9. The highest BCUT2D eigenvalue weighted by Crippen LogP contribution is 2.40. The van der Waals surface area contributed by atoms with Crippen molar-refractivity contribution in [2.24, 2.45) is 0 Å². The molecule has 2 aliphatic heterocycles. The van der Waals surface area contributed by atoms with Gasteiger partial charge in [-0.2, -0.15) is 0 Å². The first kappa shape index (κ1) is 19.9. The van der Waals surface area contributed by atoms with Gasteiger partial charge in [0.25, 0.3) is 5.91 Å². The van der Waals surface area contributed by atoms with Crippen LogP contribution < -0.4 is 5.32 Å². The Morgan fingerprint density at radius 1 is 1.41 bits per heavy atom. The molecule has 3 rings (SSSR count). The lowest BCUT2D eigenvalue weighted by Gasteiger charge is -2.49. The van der Waals surface area contributed by atoms with Crippen LogP contribution in [0, 0.1) is 0 Å². The third-order valence-electron chi connectivity index (χ3n) is 3.96. The number of amides is 2. The number of carboxylic acids is 1. The number of fused-ring (bicyclic) bond motifs is 1. The third-order valence-corrected chi connectivity index (χ3v) is 6.44. The van der Waals surface area contributed by atoms with Crippen molar-refractivity contribution in [1.29, 1.82) is 0 Å². The van der Waals surface area contributed by atoms with Crippen LogP contribution in [-0.4, -0.2) is 62.9 Å². The fourth-order valence-electron chi connectivity index (χ4n) is 2.79. The zero-order chi connectivity index (χ0) is 19.6. The van der Waals surface area contributed by atoms with Crippen LogP contribution in [0.4, 0.5) is 0 Å². The van der Waals surface area contributed by atoms with E-state index in [0.29, 0.717) is 5.33 Å². The number of nitrogens with zero attached hydrogens (tertiary/aromatic N) is 1. The van der Waals surface area contributed by atoms with E-state index in [1.807, 2.05) is 17.5 Å². The van der Waals surface area contributed by atoms with Gasteiger partial charge in [0.2, 0.25) is 5.91 Å². The Hall–Kier alpha value is -1.85. The first-order valence-electron chi connectivity index (χ1n) is 7.90. The topological polar surface area (TPSA) is 113 Å². The number of carbonyl (C=O) groups excluding carboxylic acids is 3. The molecule has 0 bridgehead atoms. The Labute approximate surface area is 171 Å². The molecule has 1 aromatic rings. The molecular formula is C16H15BrN2O6S2. The van der Waals surface area contributed by atoms with Gasteiger partial charge in [-0.15, -0.1) is 23.1 Å². The Bertz CT molecular complexity index is 810. The molecule has 144 valence electrons. The number of hydrogen-bond acceptors (Lipinski definition) is 7. The molecule has 2 N–H and O–H groups in total. The maximum atomic E-state index is 12.5. The minimum atomic E-state index is -1.37. The highest BCUT2D eigenvalue weighted by Gasteiger charge is 2.55. The predicted octanol–water partition coefficient (Wildman–Crippen LogP) is 0.967. The number of hydrogen-bond donors (Lipinski definition) is 2. The number of halogens is 1. The van der Waals surface area contributed by atoms with Gasteiger partial charge in [-0.05, 0) is 11.4 Å². The molecule has 11 heteroatoms. The van der Waals surface area contributed by atoms with Crippen molar-refractivity contribution >= 4 is 62.8 Å². The monoisotopic (exact) mass is 474 g/mol.